The van der Waals surface area contributed by atoms with Crippen molar-refractivity contribution in [1.29, 1.82) is 0 Å². The number of ketones is 1. The Bertz CT molecular complexity index is 387. The Morgan fingerprint density at radius 1 is 1.11 bits per heavy atom. The van der Waals surface area contributed by atoms with Crippen LogP contribution in [-0.2, 0) is 0 Å². The molecule has 2 heteroatoms. The standard InChI is InChI=1S/C16H24OSi/c1-18(2,3)14-10-5-4-9-13-16(17)15-11-7-6-8-12-15/h5-8,10-12H,4,9,13-14H2,1-3H3/b10-5+. The largest absolute Gasteiger partial charge is 0.294 e. The molecule has 1 aromatic carbocycles. The SMILES string of the molecule is C[Si](C)(C)C/C=C/CCCC(=O)c1ccccc1. The number of Topliss-reactive ketones (excluding diaryl/α,β-unsaturated/α-hetero) is 1. The van der Waals surface area contributed by atoms with Gasteiger partial charge in [-0.05, 0) is 18.9 Å². The minimum absolute atomic E-state index is 0.259. The van der Waals surface area contributed by atoms with Crippen molar-refractivity contribution in [2.24, 2.45) is 0 Å². The maximum atomic E-state index is 11.8. The van der Waals surface area contributed by atoms with E-state index in [1.165, 1.54) is 6.04 Å². The molecule has 0 spiro atoms. The zero-order valence-electron chi connectivity index (χ0n) is 11.8. The molecule has 0 heterocycles. The molecule has 0 fully saturated rings. The average Bonchev–Trinajstić information content (AvgIpc) is 2.33. The van der Waals surface area contributed by atoms with E-state index in [2.05, 4.69) is 31.8 Å². The topological polar surface area (TPSA) is 17.1 Å². The molecule has 0 aliphatic carbocycles. The Morgan fingerprint density at radius 2 is 1.78 bits per heavy atom. The summed E-state index contributed by atoms with van der Waals surface area (Å²) in [6.07, 6.45) is 7.15. The van der Waals surface area contributed by atoms with E-state index in [1.54, 1.807) is 0 Å². The first kappa shape index (κ1) is 14.9. The summed E-state index contributed by atoms with van der Waals surface area (Å²) in [5.41, 5.74) is 0.837. The second-order valence-corrected chi connectivity index (χ2v) is 11.4. The highest BCUT2D eigenvalue weighted by Gasteiger charge is 2.09. The van der Waals surface area contributed by atoms with Crippen LogP contribution in [0, 0.1) is 0 Å². The Balaban J connectivity index is 2.21. The van der Waals surface area contributed by atoms with Gasteiger partial charge in [-0.1, -0.05) is 62.1 Å². The van der Waals surface area contributed by atoms with Gasteiger partial charge in [-0.15, -0.1) is 0 Å². The van der Waals surface area contributed by atoms with Crippen molar-refractivity contribution in [2.75, 3.05) is 0 Å². The predicted molar refractivity (Wildman–Crippen MR) is 81.9 cm³/mol. The Morgan fingerprint density at radius 3 is 2.39 bits per heavy atom. The maximum absolute atomic E-state index is 11.8. The quantitative estimate of drug-likeness (QED) is 0.294. The van der Waals surface area contributed by atoms with Crippen LogP contribution in [-0.4, -0.2) is 13.9 Å². The molecule has 1 nitrogen and oxygen atoms in total. The lowest BCUT2D eigenvalue weighted by atomic mass is 10.1. The number of unbranched alkanes of at least 4 members (excludes halogenated alkanes) is 1. The van der Waals surface area contributed by atoms with Crippen molar-refractivity contribution in [2.45, 2.75) is 44.9 Å². The normalized spacial score (nSPS) is 11.9. The molecular weight excluding hydrogens is 236 g/mol. The van der Waals surface area contributed by atoms with Gasteiger partial charge >= 0.3 is 0 Å². The van der Waals surface area contributed by atoms with Crippen molar-refractivity contribution in [1.82, 2.24) is 0 Å². The van der Waals surface area contributed by atoms with Crippen LogP contribution in [0.1, 0.15) is 29.6 Å². The lowest BCUT2D eigenvalue weighted by Gasteiger charge is -2.11. The zero-order chi connectivity index (χ0) is 13.4. The van der Waals surface area contributed by atoms with E-state index in [9.17, 15) is 4.79 Å². The van der Waals surface area contributed by atoms with Gasteiger partial charge in [0.05, 0.1) is 0 Å². The van der Waals surface area contributed by atoms with Crippen molar-refractivity contribution in [3.63, 3.8) is 0 Å². The monoisotopic (exact) mass is 260 g/mol. The fourth-order valence-electron chi connectivity index (χ4n) is 1.70. The van der Waals surface area contributed by atoms with Crippen molar-refractivity contribution in [3.05, 3.63) is 48.0 Å². The van der Waals surface area contributed by atoms with E-state index in [0.717, 1.165) is 18.4 Å². The molecular formula is C16H24OSi. The molecule has 0 amide bonds. The summed E-state index contributed by atoms with van der Waals surface area (Å²) in [6.45, 7) is 7.11. The van der Waals surface area contributed by atoms with Crippen LogP contribution in [0.5, 0.6) is 0 Å². The minimum Gasteiger partial charge on any atom is -0.294 e. The number of hydrogen-bond acceptors (Lipinski definition) is 1. The number of benzene rings is 1. The fraction of sp³-hybridized carbons (Fsp3) is 0.438. The van der Waals surface area contributed by atoms with Gasteiger partial charge in [0.1, 0.15) is 0 Å². The molecule has 0 N–H and O–H groups in total. The molecule has 1 rings (SSSR count). The summed E-state index contributed by atoms with van der Waals surface area (Å²) in [4.78, 5) is 11.8. The summed E-state index contributed by atoms with van der Waals surface area (Å²) in [6, 6.07) is 10.8. The molecule has 18 heavy (non-hydrogen) atoms. The highest BCUT2D eigenvalue weighted by molar-refractivity contribution is 6.76. The van der Waals surface area contributed by atoms with Crippen molar-refractivity contribution < 1.29 is 4.79 Å². The third-order valence-corrected chi connectivity index (χ3v) is 4.23. The van der Waals surface area contributed by atoms with Gasteiger partial charge in [-0.3, -0.25) is 4.79 Å². The van der Waals surface area contributed by atoms with E-state index in [1.807, 2.05) is 30.3 Å². The number of rotatable bonds is 7. The highest BCUT2D eigenvalue weighted by atomic mass is 28.3. The number of allylic oxidation sites excluding steroid dienone is 2. The summed E-state index contributed by atoms with van der Waals surface area (Å²) in [5, 5.41) is 0. The summed E-state index contributed by atoms with van der Waals surface area (Å²) < 4.78 is 0. The van der Waals surface area contributed by atoms with Gasteiger partial charge < -0.3 is 0 Å². The molecule has 1 aromatic rings. The van der Waals surface area contributed by atoms with Gasteiger partial charge in [0, 0.05) is 20.1 Å². The minimum atomic E-state index is -0.946. The van der Waals surface area contributed by atoms with Crippen LogP contribution in [0.25, 0.3) is 0 Å². The molecule has 0 saturated heterocycles. The Hall–Kier alpha value is -1.15. The van der Waals surface area contributed by atoms with Crippen LogP contribution in [0.2, 0.25) is 25.7 Å². The second kappa shape index (κ2) is 7.32. The van der Waals surface area contributed by atoms with Gasteiger partial charge in [0.2, 0.25) is 0 Å². The Kier molecular flexibility index (Phi) is 6.06. The average molecular weight is 260 g/mol. The van der Waals surface area contributed by atoms with Crippen LogP contribution in [0.3, 0.4) is 0 Å². The highest BCUT2D eigenvalue weighted by Crippen LogP contribution is 2.10. The lowest BCUT2D eigenvalue weighted by Crippen LogP contribution is -2.17. The second-order valence-electron chi connectivity index (χ2n) is 5.92. The van der Waals surface area contributed by atoms with Crippen LogP contribution in [0.4, 0.5) is 0 Å². The molecule has 0 bridgehead atoms. The third-order valence-electron chi connectivity index (χ3n) is 2.77. The molecule has 0 radical (unpaired) electrons. The fourth-order valence-corrected chi connectivity index (χ4v) is 2.58. The number of carbonyl (C=O) groups is 1. The van der Waals surface area contributed by atoms with Crippen molar-refractivity contribution >= 4 is 13.9 Å². The number of carbonyl (C=O) groups excluding carboxylic acids is 1. The lowest BCUT2D eigenvalue weighted by molar-refractivity contribution is 0.0980. The van der Waals surface area contributed by atoms with Gasteiger partial charge in [0.15, 0.2) is 5.78 Å². The molecule has 0 aromatic heterocycles. The van der Waals surface area contributed by atoms with Gasteiger partial charge in [-0.25, -0.2) is 0 Å². The first-order valence-electron chi connectivity index (χ1n) is 6.72. The molecule has 0 unspecified atom stereocenters. The Labute approximate surface area is 112 Å². The smallest absolute Gasteiger partial charge is 0.162 e. The maximum Gasteiger partial charge on any atom is 0.162 e. The van der Waals surface area contributed by atoms with Gasteiger partial charge in [-0.2, -0.15) is 0 Å². The van der Waals surface area contributed by atoms with E-state index in [-0.39, 0.29) is 5.78 Å². The zero-order valence-corrected chi connectivity index (χ0v) is 12.8. The molecule has 0 atom stereocenters. The summed E-state index contributed by atoms with van der Waals surface area (Å²) in [7, 11) is -0.946. The summed E-state index contributed by atoms with van der Waals surface area (Å²) in [5.74, 6) is 0.259. The third kappa shape index (κ3) is 6.55. The van der Waals surface area contributed by atoms with E-state index >= 15 is 0 Å². The first-order valence-corrected chi connectivity index (χ1v) is 10.4. The van der Waals surface area contributed by atoms with Crippen LogP contribution in [0.15, 0.2) is 42.5 Å². The van der Waals surface area contributed by atoms with E-state index in [0.29, 0.717) is 6.42 Å². The van der Waals surface area contributed by atoms with Crippen molar-refractivity contribution in [3.8, 4) is 0 Å². The predicted octanol–water partition coefficient (Wildman–Crippen LogP) is 4.93. The van der Waals surface area contributed by atoms with Crippen LogP contribution < -0.4 is 0 Å². The van der Waals surface area contributed by atoms with E-state index in [4.69, 9.17) is 0 Å². The first-order chi connectivity index (χ1) is 8.49. The molecule has 0 aliphatic rings. The number of hydrogen-bond donors (Lipinski definition) is 0. The molecule has 0 saturated carbocycles. The van der Waals surface area contributed by atoms with E-state index < -0.39 is 8.07 Å². The molecule has 0 aliphatic heterocycles. The van der Waals surface area contributed by atoms with Gasteiger partial charge in [0.25, 0.3) is 0 Å². The van der Waals surface area contributed by atoms with Crippen LogP contribution >= 0.6 is 0 Å². The molecule has 98 valence electrons. The summed E-state index contributed by atoms with van der Waals surface area (Å²) >= 11 is 0.